The molecular formula is C19H18N4O2. The SMILES string of the molecule is COc1ccc(C)cc1Nc1ncc(C(=O)Nc2ccccc2)cn1. The van der Waals surface area contributed by atoms with Crippen molar-refractivity contribution in [1.82, 2.24) is 9.97 Å². The van der Waals surface area contributed by atoms with Crippen molar-refractivity contribution in [2.75, 3.05) is 17.7 Å². The third-order valence-corrected chi connectivity index (χ3v) is 3.55. The highest BCUT2D eigenvalue weighted by Gasteiger charge is 2.09. The van der Waals surface area contributed by atoms with Gasteiger partial charge in [-0.05, 0) is 36.8 Å². The molecule has 0 saturated carbocycles. The molecule has 1 amide bonds. The van der Waals surface area contributed by atoms with E-state index < -0.39 is 0 Å². The second kappa shape index (κ2) is 7.44. The Hall–Kier alpha value is -3.41. The number of nitrogens with zero attached hydrogens (tertiary/aromatic N) is 2. The summed E-state index contributed by atoms with van der Waals surface area (Å²) in [7, 11) is 1.60. The summed E-state index contributed by atoms with van der Waals surface area (Å²) in [5.41, 5.74) is 2.95. The van der Waals surface area contributed by atoms with Crippen LogP contribution in [0.1, 0.15) is 15.9 Å². The zero-order chi connectivity index (χ0) is 17.6. The lowest BCUT2D eigenvalue weighted by molar-refractivity contribution is 0.102. The maximum atomic E-state index is 12.2. The van der Waals surface area contributed by atoms with Crippen LogP contribution in [0.5, 0.6) is 5.75 Å². The molecule has 3 aromatic rings. The zero-order valence-electron chi connectivity index (χ0n) is 14.0. The third kappa shape index (κ3) is 4.11. The molecule has 6 nitrogen and oxygen atoms in total. The summed E-state index contributed by atoms with van der Waals surface area (Å²) in [4.78, 5) is 20.6. The summed E-state index contributed by atoms with van der Waals surface area (Å²) in [5, 5.41) is 5.89. The molecule has 0 unspecified atom stereocenters. The van der Waals surface area contributed by atoms with Crippen molar-refractivity contribution in [3.05, 3.63) is 72.1 Å². The summed E-state index contributed by atoms with van der Waals surface area (Å²) >= 11 is 0. The van der Waals surface area contributed by atoms with Gasteiger partial charge in [-0.1, -0.05) is 24.3 Å². The van der Waals surface area contributed by atoms with Crippen LogP contribution in [0, 0.1) is 6.92 Å². The lowest BCUT2D eigenvalue weighted by Gasteiger charge is -2.11. The van der Waals surface area contributed by atoms with E-state index in [-0.39, 0.29) is 5.91 Å². The van der Waals surface area contributed by atoms with Crippen LogP contribution in [-0.2, 0) is 0 Å². The van der Waals surface area contributed by atoms with Crippen LogP contribution in [0.25, 0.3) is 0 Å². The third-order valence-electron chi connectivity index (χ3n) is 3.55. The predicted molar refractivity (Wildman–Crippen MR) is 97.4 cm³/mol. The first-order valence-electron chi connectivity index (χ1n) is 7.76. The number of hydrogen-bond acceptors (Lipinski definition) is 5. The number of nitrogens with one attached hydrogen (secondary N) is 2. The van der Waals surface area contributed by atoms with E-state index in [1.807, 2.05) is 55.5 Å². The molecule has 1 heterocycles. The molecule has 0 radical (unpaired) electrons. The van der Waals surface area contributed by atoms with Gasteiger partial charge in [-0.2, -0.15) is 0 Å². The van der Waals surface area contributed by atoms with Crippen LogP contribution in [0.3, 0.4) is 0 Å². The molecule has 3 rings (SSSR count). The highest BCUT2D eigenvalue weighted by molar-refractivity contribution is 6.03. The van der Waals surface area contributed by atoms with Crippen molar-refractivity contribution in [1.29, 1.82) is 0 Å². The number of aryl methyl sites for hydroxylation is 1. The van der Waals surface area contributed by atoms with Gasteiger partial charge in [0.2, 0.25) is 5.95 Å². The summed E-state index contributed by atoms with van der Waals surface area (Å²) in [6, 6.07) is 15.0. The molecular weight excluding hydrogens is 316 g/mol. The van der Waals surface area contributed by atoms with E-state index in [1.165, 1.54) is 12.4 Å². The van der Waals surface area contributed by atoms with Gasteiger partial charge in [0.05, 0.1) is 18.4 Å². The number of carbonyl (C=O) groups excluding carboxylic acids is 1. The van der Waals surface area contributed by atoms with Crippen LogP contribution >= 0.6 is 0 Å². The standard InChI is InChI=1S/C19H18N4O2/c1-13-8-9-17(25-2)16(10-13)23-19-20-11-14(12-21-19)18(24)22-15-6-4-3-5-7-15/h3-12H,1-2H3,(H,22,24)(H,20,21,23). The number of ether oxygens (including phenoxy) is 1. The Balaban J connectivity index is 1.72. The smallest absolute Gasteiger partial charge is 0.258 e. The van der Waals surface area contributed by atoms with Crippen molar-refractivity contribution in [3.63, 3.8) is 0 Å². The molecule has 0 atom stereocenters. The maximum Gasteiger partial charge on any atom is 0.258 e. The molecule has 0 aliphatic rings. The van der Waals surface area contributed by atoms with Crippen molar-refractivity contribution in [3.8, 4) is 5.75 Å². The minimum absolute atomic E-state index is 0.258. The van der Waals surface area contributed by atoms with E-state index in [0.29, 0.717) is 17.3 Å². The molecule has 2 N–H and O–H groups in total. The molecule has 1 aromatic heterocycles. The van der Waals surface area contributed by atoms with Gasteiger partial charge in [0.15, 0.2) is 0 Å². The second-order valence-electron chi connectivity index (χ2n) is 5.44. The van der Waals surface area contributed by atoms with Gasteiger partial charge in [-0.25, -0.2) is 9.97 Å². The number of benzene rings is 2. The number of para-hydroxylation sites is 1. The molecule has 6 heteroatoms. The molecule has 25 heavy (non-hydrogen) atoms. The van der Waals surface area contributed by atoms with Crippen molar-refractivity contribution in [2.45, 2.75) is 6.92 Å². The fraction of sp³-hybridized carbons (Fsp3) is 0.105. The number of anilines is 3. The van der Waals surface area contributed by atoms with Crippen molar-refractivity contribution < 1.29 is 9.53 Å². The van der Waals surface area contributed by atoms with E-state index in [4.69, 9.17) is 4.74 Å². The van der Waals surface area contributed by atoms with Gasteiger partial charge in [0.25, 0.3) is 5.91 Å². The van der Waals surface area contributed by atoms with Crippen LogP contribution in [0.4, 0.5) is 17.3 Å². The Morgan fingerprint density at radius 1 is 1.04 bits per heavy atom. The molecule has 0 spiro atoms. The first-order valence-corrected chi connectivity index (χ1v) is 7.76. The molecule has 0 aliphatic carbocycles. The van der Waals surface area contributed by atoms with Gasteiger partial charge >= 0.3 is 0 Å². The first kappa shape index (κ1) is 16.4. The largest absolute Gasteiger partial charge is 0.495 e. The van der Waals surface area contributed by atoms with Crippen molar-refractivity contribution >= 4 is 23.2 Å². The zero-order valence-corrected chi connectivity index (χ0v) is 14.0. The van der Waals surface area contributed by atoms with Gasteiger partial charge in [-0.3, -0.25) is 4.79 Å². The fourth-order valence-corrected chi connectivity index (χ4v) is 2.27. The van der Waals surface area contributed by atoms with E-state index >= 15 is 0 Å². The summed E-state index contributed by atoms with van der Waals surface area (Å²) in [5.74, 6) is 0.825. The Kier molecular flexibility index (Phi) is 4.89. The molecule has 0 aliphatic heterocycles. The average Bonchev–Trinajstić information content (AvgIpc) is 2.63. The summed E-state index contributed by atoms with van der Waals surface area (Å²) in [6.45, 7) is 1.99. The molecule has 0 saturated heterocycles. The maximum absolute atomic E-state index is 12.2. The summed E-state index contributed by atoms with van der Waals surface area (Å²) < 4.78 is 5.32. The Morgan fingerprint density at radius 2 is 1.76 bits per heavy atom. The number of amides is 1. The lowest BCUT2D eigenvalue weighted by Crippen LogP contribution is -2.13. The van der Waals surface area contributed by atoms with E-state index in [9.17, 15) is 4.79 Å². The van der Waals surface area contributed by atoms with E-state index in [2.05, 4.69) is 20.6 Å². The number of aromatic nitrogens is 2. The monoisotopic (exact) mass is 334 g/mol. The highest BCUT2D eigenvalue weighted by Crippen LogP contribution is 2.27. The van der Waals surface area contributed by atoms with Crippen molar-refractivity contribution in [2.24, 2.45) is 0 Å². The molecule has 0 fully saturated rings. The van der Waals surface area contributed by atoms with E-state index in [0.717, 1.165) is 16.9 Å². The molecule has 2 aromatic carbocycles. The number of carbonyl (C=O) groups is 1. The number of methoxy groups -OCH3 is 1. The second-order valence-corrected chi connectivity index (χ2v) is 5.44. The minimum atomic E-state index is -0.258. The minimum Gasteiger partial charge on any atom is -0.495 e. The summed E-state index contributed by atoms with van der Waals surface area (Å²) in [6.07, 6.45) is 2.96. The van der Waals surface area contributed by atoms with Crippen LogP contribution in [0.2, 0.25) is 0 Å². The molecule has 126 valence electrons. The van der Waals surface area contributed by atoms with Gasteiger partial charge < -0.3 is 15.4 Å². The first-order chi connectivity index (χ1) is 12.2. The van der Waals surface area contributed by atoms with Gasteiger partial charge in [-0.15, -0.1) is 0 Å². The fourth-order valence-electron chi connectivity index (χ4n) is 2.27. The average molecular weight is 334 g/mol. The normalized spacial score (nSPS) is 10.2. The van der Waals surface area contributed by atoms with E-state index in [1.54, 1.807) is 7.11 Å². The Bertz CT molecular complexity index is 864. The Morgan fingerprint density at radius 3 is 2.44 bits per heavy atom. The van der Waals surface area contributed by atoms with Crippen LogP contribution < -0.4 is 15.4 Å². The Labute approximate surface area is 145 Å². The number of hydrogen-bond donors (Lipinski definition) is 2. The van der Waals surface area contributed by atoms with Crippen LogP contribution in [-0.4, -0.2) is 23.0 Å². The van der Waals surface area contributed by atoms with Crippen LogP contribution in [0.15, 0.2) is 60.9 Å². The topological polar surface area (TPSA) is 76.1 Å². The lowest BCUT2D eigenvalue weighted by atomic mass is 10.2. The predicted octanol–water partition coefficient (Wildman–Crippen LogP) is 3.79. The van der Waals surface area contributed by atoms with Gasteiger partial charge in [0, 0.05) is 18.1 Å². The molecule has 0 bridgehead atoms. The van der Waals surface area contributed by atoms with Gasteiger partial charge in [0.1, 0.15) is 5.75 Å². The quantitative estimate of drug-likeness (QED) is 0.742. The number of rotatable bonds is 5. The highest BCUT2D eigenvalue weighted by atomic mass is 16.5.